The fourth-order valence-electron chi connectivity index (χ4n) is 5.69. The second-order valence-corrected chi connectivity index (χ2v) is 12.6. The van der Waals surface area contributed by atoms with Crippen LogP contribution >= 0.6 is 0 Å². The third-order valence-corrected chi connectivity index (χ3v) is 9.32. The molecule has 3 aromatic carbocycles. The molecule has 4 aromatic rings. The molecule has 6 rings (SSSR count). The van der Waals surface area contributed by atoms with E-state index < -0.39 is 9.84 Å². The van der Waals surface area contributed by atoms with Gasteiger partial charge in [-0.15, -0.1) is 0 Å². The molecule has 0 bridgehead atoms. The number of imidazole rings is 1. The molecule has 1 saturated carbocycles. The van der Waals surface area contributed by atoms with E-state index in [-0.39, 0.29) is 0 Å². The molecule has 0 radical (unpaired) electrons. The monoisotopic (exact) mass is 514 g/mol. The van der Waals surface area contributed by atoms with Crippen molar-refractivity contribution < 1.29 is 8.42 Å². The van der Waals surface area contributed by atoms with Crippen LogP contribution in [0.25, 0.3) is 33.5 Å². The van der Waals surface area contributed by atoms with Crippen molar-refractivity contribution in [2.45, 2.75) is 37.1 Å². The number of hydrogen-bond donors (Lipinski definition) is 0. The molecule has 7 heteroatoms. The van der Waals surface area contributed by atoms with Crippen LogP contribution < -0.4 is 4.90 Å². The molecule has 0 spiro atoms. The minimum atomic E-state index is -3.23. The number of aryl methyl sites for hydroxylation is 2. The van der Waals surface area contributed by atoms with Gasteiger partial charge < -0.3 is 9.47 Å². The number of piperazine rings is 1. The van der Waals surface area contributed by atoms with Gasteiger partial charge in [0.05, 0.1) is 15.9 Å². The minimum Gasteiger partial charge on any atom is -0.369 e. The normalized spacial score (nSPS) is 17.3. The highest BCUT2D eigenvalue weighted by Gasteiger charge is 2.28. The first-order valence-electron chi connectivity index (χ1n) is 13.1. The predicted molar refractivity (Wildman–Crippen MR) is 151 cm³/mol. The van der Waals surface area contributed by atoms with E-state index in [0.29, 0.717) is 4.90 Å². The van der Waals surface area contributed by atoms with Gasteiger partial charge in [0.15, 0.2) is 9.84 Å². The first-order chi connectivity index (χ1) is 17.8. The largest absolute Gasteiger partial charge is 0.369 e. The molecule has 1 saturated heterocycles. The van der Waals surface area contributed by atoms with Crippen LogP contribution in [0.2, 0.25) is 0 Å². The maximum Gasteiger partial charge on any atom is 0.175 e. The van der Waals surface area contributed by atoms with Crippen molar-refractivity contribution in [2.75, 3.05) is 37.3 Å². The molecule has 0 N–H and O–H groups in total. The summed E-state index contributed by atoms with van der Waals surface area (Å²) in [5.41, 5.74) is 7.72. The molecule has 0 atom stereocenters. The lowest BCUT2D eigenvalue weighted by Gasteiger charge is -2.43. The summed E-state index contributed by atoms with van der Waals surface area (Å²) in [5.74, 6) is 0.826. The second kappa shape index (κ2) is 9.30. The smallest absolute Gasteiger partial charge is 0.175 e. The number of benzene rings is 3. The van der Waals surface area contributed by atoms with Crippen LogP contribution in [0.15, 0.2) is 65.6 Å². The Morgan fingerprint density at radius 3 is 2.08 bits per heavy atom. The Morgan fingerprint density at radius 2 is 1.49 bits per heavy atom. The first kappa shape index (κ1) is 24.2. The average Bonchev–Trinajstić information content (AvgIpc) is 3.20. The third kappa shape index (κ3) is 4.55. The summed E-state index contributed by atoms with van der Waals surface area (Å²) in [6.45, 7) is 6.64. The van der Waals surface area contributed by atoms with Gasteiger partial charge in [-0.3, -0.25) is 4.90 Å². The van der Waals surface area contributed by atoms with E-state index in [9.17, 15) is 8.42 Å². The number of fused-ring (bicyclic) bond motifs is 1. The van der Waals surface area contributed by atoms with Crippen molar-refractivity contribution in [3.05, 3.63) is 66.2 Å². The fraction of sp³-hybridized carbons (Fsp3) is 0.367. The van der Waals surface area contributed by atoms with Gasteiger partial charge in [0, 0.05) is 56.8 Å². The zero-order valence-corrected chi connectivity index (χ0v) is 22.6. The van der Waals surface area contributed by atoms with E-state index in [1.165, 1.54) is 55.4 Å². The van der Waals surface area contributed by atoms with Crippen molar-refractivity contribution in [1.82, 2.24) is 14.5 Å². The SMILES string of the molecule is Cc1cc(-c2ccc(N3CCN(C4CCC4)CC3)cc2)cc2c1nc(-c1ccc(S(C)(=O)=O)cc1)n2C. The van der Waals surface area contributed by atoms with Crippen LogP contribution in [0.1, 0.15) is 24.8 Å². The fourth-order valence-corrected chi connectivity index (χ4v) is 6.33. The molecule has 1 aromatic heterocycles. The molecule has 2 fully saturated rings. The van der Waals surface area contributed by atoms with Crippen molar-refractivity contribution in [3.63, 3.8) is 0 Å². The highest BCUT2D eigenvalue weighted by atomic mass is 32.2. The molecular weight excluding hydrogens is 480 g/mol. The molecule has 37 heavy (non-hydrogen) atoms. The molecule has 0 unspecified atom stereocenters. The summed E-state index contributed by atoms with van der Waals surface area (Å²) in [7, 11) is -1.21. The molecule has 1 aliphatic carbocycles. The Balaban J connectivity index is 1.25. The maximum absolute atomic E-state index is 11.8. The van der Waals surface area contributed by atoms with Gasteiger partial charge >= 0.3 is 0 Å². The predicted octanol–water partition coefficient (Wildman–Crippen LogP) is 5.29. The molecule has 0 amide bonds. The van der Waals surface area contributed by atoms with E-state index >= 15 is 0 Å². The summed E-state index contributed by atoms with van der Waals surface area (Å²) in [4.78, 5) is 10.4. The lowest BCUT2D eigenvalue weighted by atomic mass is 9.91. The van der Waals surface area contributed by atoms with Crippen LogP contribution in [0.5, 0.6) is 0 Å². The third-order valence-electron chi connectivity index (χ3n) is 8.19. The summed E-state index contributed by atoms with van der Waals surface area (Å²) in [6.07, 6.45) is 5.39. The van der Waals surface area contributed by atoms with Crippen LogP contribution in [0.4, 0.5) is 5.69 Å². The van der Waals surface area contributed by atoms with Gasteiger partial charge in [-0.1, -0.05) is 18.6 Å². The Morgan fingerprint density at radius 1 is 0.838 bits per heavy atom. The summed E-state index contributed by atoms with van der Waals surface area (Å²) >= 11 is 0. The highest BCUT2D eigenvalue weighted by molar-refractivity contribution is 7.90. The maximum atomic E-state index is 11.8. The topological polar surface area (TPSA) is 58.4 Å². The van der Waals surface area contributed by atoms with Crippen LogP contribution in [-0.2, 0) is 16.9 Å². The second-order valence-electron chi connectivity index (χ2n) is 10.6. The summed E-state index contributed by atoms with van der Waals surface area (Å²) in [6, 6.07) is 21.2. The van der Waals surface area contributed by atoms with Gasteiger partial charge in [-0.25, -0.2) is 13.4 Å². The molecule has 192 valence electrons. The Kier molecular flexibility index (Phi) is 6.08. The van der Waals surface area contributed by atoms with Gasteiger partial charge in [-0.2, -0.15) is 0 Å². The van der Waals surface area contributed by atoms with Crippen molar-refractivity contribution in [1.29, 1.82) is 0 Å². The van der Waals surface area contributed by atoms with Crippen molar-refractivity contribution in [2.24, 2.45) is 7.05 Å². The zero-order chi connectivity index (χ0) is 25.7. The molecule has 1 aliphatic heterocycles. The lowest BCUT2D eigenvalue weighted by molar-refractivity contribution is 0.120. The number of hydrogen-bond acceptors (Lipinski definition) is 5. The molecule has 6 nitrogen and oxygen atoms in total. The Hall–Kier alpha value is -3.16. The highest BCUT2D eigenvalue weighted by Crippen LogP contribution is 2.32. The zero-order valence-electron chi connectivity index (χ0n) is 21.8. The van der Waals surface area contributed by atoms with E-state index in [0.717, 1.165) is 47.1 Å². The van der Waals surface area contributed by atoms with Gasteiger partial charge in [0.2, 0.25) is 0 Å². The molecular formula is C30H34N4O2S. The Labute approximate surface area is 219 Å². The standard InChI is InChI=1S/C30H34N4O2S/c1-21-19-24(22-7-11-26(12-8-22)34-17-15-33(16-18-34)25-5-4-6-25)20-28-29(21)31-30(32(28)2)23-9-13-27(14-10-23)37(3,35)36/h7-14,19-20,25H,4-6,15-18H2,1-3H3. The number of anilines is 1. The average molecular weight is 515 g/mol. The van der Waals surface area contributed by atoms with E-state index in [1.54, 1.807) is 12.1 Å². The van der Waals surface area contributed by atoms with Crippen LogP contribution in [0.3, 0.4) is 0 Å². The quantitative estimate of drug-likeness (QED) is 0.362. The number of nitrogens with zero attached hydrogens (tertiary/aromatic N) is 4. The molecule has 2 aliphatic rings. The van der Waals surface area contributed by atoms with E-state index in [2.05, 4.69) is 57.7 Å². The number of rotatable bonds is 5. The first-order valence-corrected chi connectivity index (χ1v) is 15.0. The van der Waals surface area contributed by atoms with Crippen molar-refractivity contribution >= 4 is 26.6 Å². The Bertz CT molecular complexity index is 1540. The van der Waals surface area contributed by atoms with Crippen LogP contribution in [0, 0.1) is 6.92 Å². The summed E-state index contributed by atoms with van der Waals surface area (Å²) < 4.78 is 25.8. The van der Waals surface area contributed by atoms with Gasteiger partial charge in [0.1, 0.15) is 5.82 Å². The minimum absolute atomic E-state index is 0.317. The van der Waals surface area contributed by atoms with E-state index in [4.69, 9.17) is 4.98 Å². The van der Waals surface area contributed by atoms with E-state index in [1.807, 2.05) is 19.2 Å². The lowest BCUT2D eigenvalue weighted by Crippen LogP contribution is -2.52. The van der Waals surface area contributed by atoms with Crippen molar-refractivity contribution in [3.8, 4) is 22.5 Å². The van der Waals surface area contributed by atoms with Gasteiger partial charge in [0.25, 0.3) is 0 Å². The number of aromatic nitrogens is 2. The summed E-state index contributed by atoms with van der Waals surface area (Å²) in [5, 5.41) is 0. The number of sulfone groups is 1. The van der Waals surface area contributed by atoms with Crippen LogP contribution in [-0.4, -0.2) is 61.3 Å². The van der Waals surface area contributed by atoms with Gasteiger partial charge in [-0.05, 0) is 85.0 Å². The molecule has 2 heterocycles.